The van der Waals surface area contributed by atoms with Gasteiger partial charge in [0.25, 0.3) is 11.2 Å². The number of nitro benzene ring substituents is 1. The second-order valence-corrected chi connectivity index (χ2v) is 11.3. The average molecular weight is 666 g/mol. The van der Waals surface area contributed by atoms with Gasteiger partial charge in [0.1, 0.15) is 5.82 Å². The molecule has 0 aliphatic heterocycles. The molecule has 0 fully saturated rings. The van der Waals surface area contributed by atoms with Crippen LogP contribution in [0.3, 0.4) is 0 Å². The fourth-order valence-corrected chi connectivity index (χ4v) is 5.56. The van der Waals surface area contributed by atoms with Crippen LogP contribution in [0.4, 0.5) is 28.4 Å². The molecular formula is C35H26Cl2N6O4. The van der Waals surface area contributed by atoms with Gasteiger partial charge in [0, 0.05) is 35.6 Å². The number of benzene rings is 5. The van der Waals surface area contributed by atoms with E-state index < -0.39 is 4.92 Å². The second kappa shape index (κ2) is 13.7. The monoisotopic (exact) mass is 664 g/mol. The molecule has 1 aromatic heterocycles. The Balaban J connectivity index is 1.26. The lowest BCUT2D eigenvalue weighted by Crippen LogP contribution is -2.24. The van der Waals surface area contributed by atoms with Gasteiger partial charge in [0.15, 0.2) is 0 Å². The molecule has 6 aromatic rings. The molecule has 6 rings (SSSR count). The highest BCUT2D eigenvalue weighted by Gasteiger charge is 2.16. The maximum absolute atomic E-state index is 13.9. The van der Waals surface area contributed by atoms with Crippen molar-refractivity contribution in [1.29, 1.82) is 0 Å². The average Bonchev–Trinajstić information content (AvgIpc) is 3.07. The normalized spacial score (nSPS) is 10.9. The van der Waals surface area contributed by atoms with Crippen LogP contribution in [0, 0.1) is 10.1 Å². The second-order valence-electron chi connectivity index (χ2n) is 10.5. The zero-order valence-corrected chi connectivity index (χ0v) is 26.1. The molecule has 0 radical (unpaired) electrons. The summed E-state index contributed by atoms with van der Waals surface area (Å²) in [5.41, 5.74) is 4.23. The third kappa shape index (κ3) is 7.09. The van der Waals surface area contributed by atoms with Crippen molar-refractivity contribution in [2.24, 2.45) is 0 Å². The van der Waals surface area contributed by atoms with Crippen LogP contribution < -0.4 is 21.5 Å². The van der Waals surface area contributed by atoms with Gasteiger partial charge in [-0.05, 0) is 72.3 Å². The van der Waals surface area contributed by atoms with Crippen LogP contribution in [0.25, 0.3) is 16.6 Å². The smallest absolute Gasteiger partial charge is 0.269 e. The molecule has 5 aromatic carbocycles. The van der Waals surface area contributed by atoms with E-state index in [-0.39, 0.29) is 23.7 Å². The Morgan fingerprint density at radius 2 is 1.47 bits per heavy atom. The topological polar surface area (TPSA) is 131 Å². The van der Waals surface area contributed by atoms with Gasteiger partial charge < -0.3 is 16.0 Å². The van der Waals surface area contributed by atoms with Gasteiger partial charge in [-0.2, -0.15) is 0 Å². The summed E-state index contributed by atoms with van der Waals surface area (Å²) in [6.07, 6.45) is 0.314. The number of carbonyl (C=O) groups excluding carboxylic acids is 1. The molecule has 3 N–H and O–H groups in total. The molecule has 0 saturated carbocycles. The molecule has 0 bridgehead atoms. The number of hydrogen-bond acceptors (Lipinski definition) is 7. The summed E-state index contributed by atoms with van der Waals surface area (Å²) >= 11 is 12.9. The number of carbonyl (C=O) groups is 1. The lowest BCUT2D eigenvalue weighted by molar-refractivity contribution is -0.384. The molecular weight excluding hydrogens is 639 g/mol. The minimum absolute atomic E-state index is 0.0434. The minimum Gasteiger partial charge on any atom is -0.376 e. The van der Waals surface area contributed by atoms with Gasteiger partial charge in [-0.25, -0.2) is 4.98 Å². The Bertz CT molecular complexity index is 2150. The number of rotatable bonds is 10. The minimum atomic E-state index is -0.503. The first kappa shape index (κ1) is 31.3. The maximum atomic E-state index is 13.9. The van der Waals surface area contributed by atoms with E-state index in [9.17, 15) is 19.7 Å². The Kier molecular flexibility index (Phi) is 9.14. The van der Waals surface area contributed by atoms with E-state index in [1.807, 2.05) is 36.4 Å². The molecule has 234 valence electrons. The van der Waals surface area contributed by atoms with Crippen LogP contribution in [0.15, 0.2) is 120 Å². The van der Waals surface area contributed by atoms with Crippen LogP contribution in [0.5, 0.6) is 0 Å². The summed E-state index contributed by atoms with van der Waals surface area (Å²) in [5, 5.41) is 21.4. The maximum Gasteiger partial charge on any atom is 0.269 e. The Labute approximate surface area is 278 Å². The van der Waals surface area contributed by atoms with Gasteiger partial charge in [0.2, 0.25) is 5.91 Å². The quantitative estimate of drug-likeness (QED) is 0.0999. The third-order valence-corrected chi connectivity index (χ3v) is 8.00. The van der Waals surface area contributed by atoms with E-state index in [4.69, 9.17) is 28.2 Å². The van der Waals surface area contributed by atoms with Crippen molar-refractivity contribution in [3.05, 3.63) is 157 Å². The number of aromatic nitrogens is 2. The van der Waals surface area contributed by atoms with Gasteiger partial charge in [-0.3, -0.25) is 24.3 Å². The van der Waals surface area contributed by atoms with Gasteiger partial charge in [0.05, 0.1) is 43.8 Å². The number of fused-ring (bicyclic) bond motifs is 1. The van der Waals surface area contributed by atoms with E-state index in [0.29, 0.717) is 55.9 Å². The van der Waals surface area contributed by atoms with Crippen molar-refractivity contribution < 1.29 is 9.72 Å². The van der Waals surface area contributed by atoms with Crippen LogP contribution in [-0.4, -0.2) is 26.9 Å². The van der Waals surface area contributed by atoms with Crippen molar-refractivity contribution in [2.45, 2.75) is 6.42 Å². The molecule has 0 atom stereocenters. The molecule has 0 saturated heterocycles. The molecule has 0 aliphatic carbocycles. The standard InChI is InChI=1S/C35H26Cl2N6O4/c36-28-8-5-9-29(37)34(28)41-30-10-3-1-6-22(30)20-32-40-31-11-4-2-7-27(31)35(45)42(32)25-16-12-23(13-17-25)38-21-33(44)39-24-14-18-26(19-15-24)43(46)47/h1-19,38,41H,20-21H2,(H,39,44). The fourth-order valence-electron chi connectivity index (χ4n) is 5.06. The van der Waals surface area contributed by atoms with Gasteiger partial charge in [-0.15, -0.1) is 0 Å². The zero-order valence-electron chi connectivity index (χ0n) is 24.6. The van der Waals surface area contributed by atoms with E-state index in [2.05, 4.69) is 16.0 Å². The Hall–Kier alpha value is -5.71. The van der Waals surface area contributed by atoms with E-state index in [1.165, 1.54) is 24.3 Å². The van der Waals surface area contributed by atoms with Crippen molar-refractivity contribution in [3.63, 3.8) is 0 Å². The number of anilines is 4. The molecule has 1 heterocycles. The summed E-state index contributed by atoms with van der Waals surface area (Å²) in [5.74, 6) is 0.196. The van der Waals surface area contributed by atoms with E-state index >= 15 is 0 Å². The summed E-state index contributed by atoms with van der Waals surface area (Å²) in [6, 6.07) is 32.9. The number of hydrogen-bond donors (Lipinski definition) is 3. The van der Waals surface area contributed by atoms with Gasteiger partial charge in [-0.1, -0.05) is 59.6 Å². The van der Waals surface area contributed by atoms with Crippen molar-refractivity contribution in [2.75, 3.05) is 22.5 Å². The highest BCUT2D eigenvalue weighted by atomic mass is 35.5. The summed E-state index contributed by atoms with van der Waals surface area (Å²) < 4.78 is 1.59. The number of amides is 1. The first-order chi connectivity index (χ1) is 22.8. The molecule has 12 heteroatoms. The molecule has 0 spiro atoms. The molecule has 0 aliphatic rings. The van der Waals surface area contributed by atoms with Crippen molar-refractivity contribution in [1.82, 2.24) is 9.55 Å². The number of para-hydroxylation sites is 3. The first-order valence-corrected chi connectivity index (χ1v) is 15.2. The number of non-ortho nitro benzene ring substituents is 1. The Morgan fingerprint density at radius 3 is 2.19 bits per heavy atom. The zero-order chi connectivity index (χ0) is 32.9. The molecule has 1 amide bonds. The highest BCUT2D eigenvalue weighted by molar-refractivity contribution is 6.39. The predicted octanol–water partition coefficient (Wildman–Crippen LogP) is 7.99. The predicted molar refractivity (Wildman–Crippen MR) is 187 cm³/mol. The first-order valence-electron chi connectivity index (χ1n) is 14.4. The molecule has 0 unspecified atom stereocenters. The number of halogens is 2. The highest BCUT2D eigenvalue weighted by Crippen LogP contribution is 2.34. The third-order valence-electron chi connectivity index (χ3n) is 7.37. The largest absolute Gasteiger partial charge is 0.376 e. The number of nitrogens with one attached hydrogen (secondary N) is 3. The molecule has 10 nitrogen and oxygen atoms in total. The molecule has 47 heavy (non-hydrogen) atoms. The number of nitrogens with zero attached hydrogens (tertiary/aromatic N) is 3. The van der Waals surface area contributed by atoms with Crippen LogP contribution in [-0.2, 0) is 11.2 Å². The summed E-state index contributed by atoms with van der Waals surface area (Å²) in [6.45, 7) is -0.0434. The van der Waals surface area contributed by atoms with E-state index in [0.717, 1.165) is 11.3 Å². The number of nitro groups is 1. The van der Waals surface area contributed by atoms with Crippen molar-refractivity contribution in [3.8, 4) is 5.69 Å². The summed E-state index contributed by atoms with van der Waals surface area (Å²) in [4.78, 5) is 41.6. The van der Waals surface area contributed by atoms with Crippen LogP contribution in [0.2, 0.25) is 10.0 Å². The fraction of sp³-hybridized carbons (Fsp3) is 0.0571. The lowest BCUT2D eigenvalue weighted by Gasteiger charge is -2.17. The van der Waals surface area contributed by atoms with Crippen LogP contribution >= 0.6 is 23.2 Å². The SMILES string of the molecule is O=C(CNc1ccc(-n2c(Cc3ccccc3Nc3c(Cl)cccc3Cl)nc3ccccc3c2=O)cc1)Nc1ccc([N+](=O)[O-])cc1. The Morgan fingerprint density at radius 1 is 0.809 bits per heavy atom. The van der Waals surface area contributed by atoms with Crippen LogP contribution in [0.1, 0.15) is 11.4 Å². The summed E-state index contributed by atoms with van der Waals surface area (Å²) in [7, 11) is 0. The lowest BCUT2D eigenvalue weighted by atomic mass is 10.1. The van der Waals surface area contributed by atoms with E-state index in [1.54, 1.807) is 59.2 Å². The van der Waals surface area contributed by atoms with Gasteiger partial charge >= 0.3 is 0 Å². The van der Waals surface area contributed by atoms with Crippen molar-refractivity contribution >= 4 is 68.4 Å².